The fourth-order valence-corrected chi connectivity index (χ4v) is 4.18. The lowest BCUT2D eigenvalue weighted by Gasteiger charge is -2.40. The predicted molar refractivity (Wildman–Crippen MR) is 94.3 cm³/mol. The molecule has 1 aliphatic rings. The van der Waals surface area contributed by atoms with E-state index in [1.54, 1.807) is 11.3 Å². The van der Waals surface area contributed by atoms with Crippen LogP contribution in [0, 0.1) is 0 Å². The third-order valence-electron chi connectivity index (χ3n) is 5.08. The molecule has 1 fully saturated rings. The van der Waals surface area contributed by atoms with E-state index in [1.807, 2.05) is 59.0 Å². The minimum atomic E-state index is -0.885. The molecule has 1 amide bonds. The molecule has 1 N–H and O–H groups in total. The quantitative estimate of drug-likeness (QED) is 0.924. The zero-order valence-electron chi connectivity index (χ0n) is 13.6. The number of hydrogen-bond donors (Lipinski definition) is 1. The SMILES string of the molecule is CC(C(=O)N1CCC(C(=O)O)(c2ccccc2)CC1)c1ccsc1. The van der Waals surface area contributed by atoms with E-state index in [0.29, 0.717) is 25.9 Å². The number of likely N-dealkylation sites (tertiary alicyclic amines) is 1. The summed E-state index contributed by atoms with van der Waals surface area (Å²) >= 11 is 1.58. The summed E-state index contributed by atoms with van der Waals surface area (Å²) in [5, 5.41) is 13.8. The van der Waals surface area contributed by atoms with E-state index in [-0.39, 0.29) is 11.8 Å². The van der Waals surface area contributed by atoms with Crippen LogP contribution in [0.2, 0.25) is 0 Å². The van der Waals surface area contributed by atoms with Gasteiger partial charge in [-0.2, -0.15) is 11.3 Å². The first-order chi connectivity index (χ1) is 11.5. The number of rotatable bonds is 4. The number of hydrogen-bond acceptors (Lipinski definition) is 3. The average Bonchev–Trinajstić information content (AvgIpc) is 3.16. The van der Waals surface area contributed by atoms with Crippen molar-refractivity contribution in [3.05, 3.63) is 58.3 Å². The monoisotopic (exact) mass is 343 g/mol. The summed E-state index contributed by atoms with van der Waals surface area (Å²) < 4.78 is 0. The Hall–Kier alpha value is -2.14. The molecule has 1 aromatic heterocycles. The van der Waals surface area contributed by atoms with Crippen molar-refractivity contribution in [3.8, 4) is 0 Å². The van der Waals surface area contributed by atoms with Crippen LogP contribution in [0.15, 0.2) is 47.2 Å². The average molecular weight is 343 g/mol. The van der Waals surface area contributed by atoms with Gasteiger partial charge in [-0.3, -0.25) is 9.59 Å². The molecule has 3 rings (SSSR count). The second kappa shape index (κ2) is 6.77. The Morgan fingerprint density at radius 2 is 1.83 bits per heavy atom. The lowest BCUT2D eigenvalue weighted by Crippen LogP contribution is -2.49. The van der Waals surface area contributed by atoms with E-state index < -0.39 is 11.4 Å². The molecule has 0 aliphatic carbocycles. The highest BCUT2D eigenvalue weighted by atomic mass is 32.1. The zero-order valence-corrected chi connectivity index (χ0v) is 14.5. The highest BCUT2D eigenvalue weighted by Crippen LogP contribution is 2.36. The molecule has 1 saturated heterocycles. The number of aliphatic carboxylic acids is 1. The van der Waals surface area contributed by atoms with Crippen molar-refractivity contribution in [2.45, 2.75) is 31.1 Å². The molecule has 126 valence electrons. The van der Waals surface area contributed by atoms with E-state index in [2.05, 4.69) is 0 Å². The highest BCUT2D eigenvalue weighted by molar-refractivity contribution is 7.08. The summed E-state index contributed by atoms with van der Waals surface area (Å²) in [5.41, 5.74) is 0.975. The van der Waals surface area contributed by atoms with Crippen LogP contribution in [0.1, 0.15) is 36.8 Å². The molecule has 1 aromatic carbocycles. The number of piperidine rings is 1. The van der Waals surface area contributed by atoms with Crippen LogP contribution in [-0.4, -0.2) is 35.0 Å². The molecule has 0 radical (unpaired) electrons. The van der Waals surface area contributed by atoms with Crippen molar-refractivity contribution >= 4 is 23.2 Å². The highest BCUT2D eigenvalue weighted by Gasteiger charge is 2.44. The van der Waals surface area contributed by atoms with Crippen LogP contribution in [-0.2, 0) is 15.0 Å². The minimum Gasteiger partial charge on any atom is -0.481 e. The second-order valence-electron chi connectivity index (χ2n) is 6.36. The van der Waals surface area contributed by atoms with Crippen molar-refractivity contribution < 1.29 is 14.7 Å². The molecule has 0 bridgehead atoms. The molecule has 4 nitrogen and oxygen atoms in total. The Balaban J connectivity index is 1.74. The van der Waals surface area contributed by atoms with Gasteiger partial charge in [0.25, 0.3) is 0 Å². The van der Waals surface area contributed by atoms with Gasteiger partial charge in [-0.15, -0.1) is 0 Å². The van der Waals surface area contributed by atoms with Crippen LogP contribution in [0.3, 0.4) is 0 Å². The number of benzene rings is 1. The predicted octanol–water partition coefficient (Wildman–Crippen LogP) is 3.50. The number of carboxylic acid groups (broad SMARTS) is 1. The molecular weight excluding hydrogens is 322 g/mol. The van der Waals surface area contributed by atoms with Crippen molar-refractivity contribution in [2.24, 2.45) is 0 Å². The molecule has 1 atom stereocenters. The number of amides is 1. The van der Waals surface area contributed by atoms with E-state index in [1.165, 1.54) is 0 Å². The number of nitrogens with zero attached hydrogens (tertiary/aromatic N) is 1. The van der Waals surface area contributed by atoms with Gasteiger partial charge in [0, 0.05) is 13.1 Å². The Labute approximate surface area is 145 Å². The Morgan fingerprint density at radius 3 is 2.38 bits per heavy atom. The third-order valence-corrected chi connectivity index (χ3v) is 5.78. The smallest absolute Gasteiger partial charge is 0.314 e. The maximum atomic E-state index is 12.7. The largest absolute Gasteiger partial charge is 0.481 e. The van der Waals surface area contributed by atoms with Gasteiger partial charge in [-0.05, 0) is 47.7 Å². The number of thiophene rings is 1. The maximum absolute atomic E-state index is 12.7. The van der Waals surface area contributed by atoms with Gasteiger partial charge < -0.3 is 10.0 Å². The maximum Gasteiger partial charge on any atom is 0.314 e. The molecule has 5 heteroatoms. The second-order valence-corrected chi connectivity index (χ2v) is 7.14. The van der Waals surface area contributed by atoms with E-state index >= 15 is 0 Å². The van der Waals surface area contributed by atoms with Gasteiger partial charge in [-0.1, -0.05) is 30.3 Å². The van der Waals surface area contributed by atoms with Crippen LogP contribution >= 0.6 is 11.3 Å². The molecule has 24 heavy (non-hydrogen) atoms. The number of carbonyl (C=O) groups is 2. The Morgan fingerprint density at radius 1 is 1.17 bits per heavy atom. The summed E-state index contributed by atoms with van der Waals surface area (Å²) in [6.45, 7) is 2.88. The first kappa shape index (κ1) is 16.7. The minimum absolute atomic E-state index is 0.0838. The number of carboxylic acids is 1. The van der Waals surface area contributed by atoms with Crippen molar-refractivity contribution in [3.63, 3.8) is 0 Å². The summed E-state index contributed by atoms with van der Waals surface area (Å²) in [6.07, 6.45) is 0.906. The lowest BCUT2D eigenvalue weighted by atomic mass is 9.72. The van der Waals surface area contributed by atoms with Gasteiger partial charge in [0.05, 0.1) is 11.3 Å². The first-order valence-electron chi connectivity index (χ1n) is 8.14. The van der Waals surface area contributed by atoms with Gasteiger partial charge in [0.1, 0.15) is 0 Å². The van der Waals surface area contributed by atoms with E-state index in [4.69, 9.17) is 0 Å². The first-order valence-corrected chi connectivity index (χ1v) is 9.09. The fourth-order valence-electron chi connectivity index (χ4n) is 3.43. The van der Waals surface area contributed by atoms with Gasteiger partial charge in [0.15, 0.2) is 0 Å². The van der Waals surface area contributed by atoms with Crippen molar-refractivity contribution in [1.82, 2.24) is 4.90 Å². The lowest BCUT2D eigenvalue weighted by molar-refractivity contribution is -0.148. The Kier molecular flexibility index (Phi) is 4.71. The fraction of sp³-hybridized carbons (Fsp3) is 0.368. The van der Waals surface area contributed by atoms with Gasteiger partial charge in [0.2, 0.25) is 5.91 Å². The summed E-state index contributed by atoms with van der Waals surface area (Å²) in [7, 11) is 0. The van der Waals surface area contributed by atoms with Crippen LogP contribution in [0.5, 0.6) is 0 Å². The standard InChI is InChI=1S/C19H21NO3S/c1-14(15-7-12-24-13-15)17(21)20-10-8-19(9-11-20,18(22)23)16-5-3-2-4-6-16/h2-7,12-14H,8-11H2,1H3,(H,22,23). The topological polar surface area (TPSA) is 57.6 Å². The van der Waals surface area contributed by atoms with Crippen molar-refractivity contribution in [1.29, 1.82) is 0 Å². The summed E-state index contributed by atoms with van der Waals surface area (Å²) in [5.74, 6) is -0.891. The third kappa shape index (κ3) is 2.96. The van der Waals surface area contributed by atoms with E-state index in [9.17, 15) is 14.7 Å². The van der Waals surface area contributed by atoms with Gasteiger partial charge >= 0.3 is 5.97 Å². The molecule has 1 unspecified atom stereocenters. The Bertz CT molecular complexity index is 703. The van der Waals surface area contributed by atoms with Crippen LogP contribution < -0.4 is 0 Å². The molecule has 1 aliphatic heterocycles. The van der Waals surface area contributed by atoms with E-state index in [0.717, 1.165) is 11.1 Å². The summed E-state index contributed by atoms with van der Waals surface area (Å²) in [4.78, 5) is 26.5. The van der Waals surface area contributed by atoms with Crippen LogP contribution in [0.25, 0.3) is 0 Å². The summed E-state index contributed by atoms with van der Waals surface area (Å²) in [6, 6.07) is 11.4. The molecule has 0 spiro atoms. The van der Waals surface area contributed by atoms with Gasteiger partial charge in [-0.25, -0.2) is 0 Å². The molecule has 0 saturated carbocycles. The molecular formula is C19H21NO3S. The zero-order chi connectivity index (χ0) is 17.2. The van der Waals surface area contributed by atoms with Crippen LogP contribution in [0.4, 0.5) is 0 Å². The number of carbonyl (C=O) groups excluding carboxylic acids is 1. The normalized spacial score (nSPS) is 18.1. The van der Waals surface area contributed by atoms with Crippen molar-refractivity contribution in [2.75, 3.05) is 13.1 Å². The molecule has 2 heterocycles. The molecule has 2 aromatic rings.